The molecule has 1 saturated carbocycles. The molecule has 0 amide bonds. The quantitative estimate of drug-likeness (QED) is 0.831. The maximum Gasteiger partial charge on any atom is 0.106 e. The Bertz CT molecular complexity index is 334. The Morgan fingerprint density at radius 3 is 2.87 bits per heavy atom. The van der Waals surface area contributed by atoms with Crippen LogP contribution in [0.4, 0.5) is 0 Å². The molecule has 1 aliphatic rings. The van der Waals surface area contributed by atoms with Crippen LogP contribution in [0.3, 0.4) is 0 Å². The minimum Gasteiger partial charge on any atom is -0.311 e. The number of nitrogens with zero attached hydrogens (tertiary/aromatic N) is 1. The second-order valence-corrected chi connectivity index (χ2v) is 5.22. The zero-order chi connectivity index (χ0) is 10.7. The lowest BCUT2D eigenvalue weighted by molar-refractivity contribution is 0.442. The van der Waals surface area contributed by atoms with Gasteiger partial charge >= 0.3 is 0 Å². The average Bonchev–Trinajstić information content (AvgIpc) is 2.99. The summed E-state index contributed by atoms with van der Waals surface area (Å²) in [7, 11) is 0. The van der Waals surface area contributed by atoms with Crippen LogP contribution >= 0.6 is 15.9 Å². The molecule has 1 heterocycles. The van der Waals surface area contributed by atoms with Crippen molar-refractivity contribution >= 4 is 15.9 Å². The highest BCUT2D eigenvalue weighted by Crippen LogP contribution is 2.47. The summed E-state index contributed by atoms with van der Waals surface area (Å²) in [6, 6.07) is 6.04. The van der Waals surface area contributed by atoms with Crippen molar-refractivity contribution in [3.63, 3.8) is 0 Å². The molecule has 3 heteroatoms. The summed E-state index contributed by atoms with van der Waals surface area (Å²) < 4.78 is 0.915. The molecule has 1 N–H and O–H groups in total. The van der Waals surface area contributed by atoms with Gasteiger partial charge in [0.25, 0.3) is 0 Å². The third kappa shape index (κ3) is 3.02. The van der Waals surface area contributed by atoms with E-state index in [2.05, 4.69) is 39.2 Å². The van der Waals surface area contributed by atoms with Crippen LogP contribution in [0.1, 0.15) is 31.9 Å². The highest BCUT2D eigenvalue weighted by atomic mass is 79.9. The predicted molar refractivity (Wildman–Crippen MR) is 65.6 cm³/mol. The van der Waals surface area contributed by atoms with Gasteiger partial charge in [-0.25, -0.2) is 4.98 Å². The fraction of sp³-hybridized carbons (Fsp3) is 0.583. The van der Waals surface area contributed by atoms with Crippen LogP contribution in [0.15, 0.2) is 22.8 Å². The fourth-order valence-corrected chi connectivity index (χ4v) is 2.22. The van der Waals surface area contributed by atoms with Crippen molar-refractivity contribution < 1.29 is 0 Å². The van der Waals surface area contributed by atoms with E-state index in [1.807, 2.05) is 12.1 Å². The molecule has 2 rings (SSSR count). The summed E-state index contributed by atoms with van der Waals surface area (Å²) in [6.07, 6.45) is 4.08. The highest BCUT2D eigenvalue weighted by Gasteiger charge is 2.39. The third-order valence-electron chi connectivity index (χ3n) is 3.29. The number of hydrogen-bond donors (Lipinski definition) is 1. The molecule has 0 spiro atoms. The molecule has 1 aromatic heterocycles. The predicted octanol–water partition coefficient (Wildman–Crippen LogP) is 3.12. The topological polar surface area (TPSA) is 24.9 Å². The molecule has 0 aliphatic heterocycles. The van der Waals surface area contributed by atoms with Gasteiger partial charge in [0.15, 0.2) is 0 Å². The van der Waals surface area contributed by atoms with Gasteiger partial charge < -0.3 is 5.32 Å². The Kier molecular flexibility index (Phi) is 3.42. The second-order valence-electron chi connectivity index (χ2n) is 4.41. The molecule has 15 heavy (non-hydrogen) atoms. The average molecular weight is 269 g/mol. The van der Waals surface area contributed by atoms with Crippen molar-refractivity contribution in [2.75, 3.05) is 6.54 Å². The van der Waals surface area contributed by atoms with Crippen molar-refractivity contribution in [2.45, 2.75) is 32.7 Å². The van der Waals surface area contributed by atoms with Gasteiger partial charge in [-0.1, -0.05) is 13.0 Å². The summed E-state index contributed by atoms with van der Waals surface area (Å²) in [4.78, 5) is 4.39. The Morgan fingerprint density at radius 2 is 2.27 bits per heavy atom. The van der Waals surface area contributed by atoms with Crippen LogP contribution in [0.25, 0.3) is 0 Å². The van der Waals surface area contributed by atoms with E-state index in [0.29, 0.717) is 5.41 Å². The van der Waals surface area contributed by atoms with E-state index >= 15 is 0 Å². The van der Waals surface area contributed by atoms with Crippen molar-refractivity contribution in [2.24, 2.45) is 5.41 Å². The zero-order valence-corrected chi connectivity index (χ0v) is 10.7. The maximum absolute atomic E-state index is 4.39. The minimum absolute atomic E-state index is 0.617. The number of rotatable bonds is 5. The lowest BCUT2D eigenvalue weighted by Crippen LogP contribution is -2.23. The van der Waals surface area contributed by atoms with Gasteiger partial charge in [0.1, 0.15) is 4.60 Å². The molecule has 0 unspecified atom stereocenters. The van der Waals surface area contributed by atoms with Gasteiger partial charge in [-0.2, -0.15) is 0 Å². The summed E-state index contributed by atoms with van der Waals surface area (Å²) >= 11 is 3.38. The SMILES string of the molecule is CCC1(CNCc2cccc(Br)n2)CC1. The molecule has 0 aromatic carbocycles. The Morgan fingerprint density at radius 1 is 1.47 bits per heavy atom. The molecule has 1 fully saturated rings. The molecular formula is C12H17BrN2. The number of halogens is 1. The Labute approximate surface area is 99.6 Å². The first-order valence-electron chi connectivity index (χ1n) is 5.56. The van der Waals surface area contributed by atoms with Crippen LogP contribution in [0.5, 0.6) is 0 Å². The fourth-order valence-electron chi connectivity index (χ4n) is 1.84. The number of pyridine rings is 1. The van der Waals surface area contributed by atoms with E-state index in [4.69, 9.17) is 0 Å². The summed E-state index contributed by atoms with van der Waals surface area (Å²) in [5.41, 5.74) is 1.72. The van der Waals surface area contributed by atoms with Gasteiger partial charge in [0.2, 0.25) is 0 Å². The number of hydrogen-bond acceptors (Lipinski definition) is 2. The molecule has 0 bridgehead atoms. The largest absolute Gasteiger partial charge is 0.311 e. The first-order chi connectivity index (χ1) is 7.24. The standard InChI is InChI=1S/C12H17BrN2/c1-2-12(6-7-12)9-14-8-10-4-3-5-11(13)15-10/h3-5,14H,2,6-9H2,1H3. The normalized spacial score (nSPS) is 17.7. The van der Waals surface area contributed by atoms with Crippen molar-refractivity contribution in [3.8, 4) is 0 Å². The number of nitrogens with one attached hydrogen (secondary N) is 1. The monoisotopic (exact) mass is 268 g/mol. The lowest BCUT2D eigenvalue weighted by atomic mass is 10.0. The summed E-state index contributed by atoms with van der Waals surface area (Å²) in [6.45, 7) is 4.30. The van der Waals surface area contributed by atoms with E-state index in [-0.39, 0.29) is 0 Å². The van der Waals surface area contributed by atoms with E-state index in [1.54, 1.807) is 0 Å². The van der Waals surface area contributed by atoms with Crippen molar-refractivity contribution in [1.82, 2.24) is 10.3 Å². The first-order valence-corrected chi connectivity index (χ1v) is 6.36. The van der Waals surface area contributed by atoms with E-state index in [9.17, 15) is 0 Å². The Hall–Kier alpha value is -0.410. The van der Waals surface area contributed by atoms with Crippen molar-refractivity contribution in [1.29, 1.82) is 0 Å². The van der Waals surface area contributed by atoms with Gasteiger partial charge in [-0.05, 0) is 52.7 Å². The van der Waals surface area contributed by atoms with Crippen LogP contribution < -0.4 is 5.32 Å². The first kappa shape index (κ1) is 11.1. The second kappa shape index (κ2) is 4.62. The molecule has 1 aliphatic carbocycles. The summed E-state index contributed by atoms with van der Waals surface area (Å²) in [5.74, 6) is 0. The highest BCUT2D eigenvalue weighted by molar-refractivity contribution is 9.10. The van der Waals surface area contributed by atoms with Crippen LogP contribution in [0, 0.1) is 5.41 Å². The van der Waals surface area contributed by atoms with E-state index < -0.39 is 0 Å². The molecule has 2 nitrogen and oxygen atoms in total. The van der Waals surface area contributed by atoms with Gasteiger partial charge in [0, 0.05) is 13.1 Å². The van der Waals surface area contributed by atoms with Crippen molar-refractivity contribution in [3.05, 3.63) is 28.5 Å². The van der Waals surface area contributed by atoms with Gasteiger partial charge in [-0.3, -0.25) is 0 Å². The zero-order valence-electron chi connectivity index (χ0n) is 9.09. The molecule has 1 aromatic rings. The number of aromatic nitrogens is 1. The van der Waals surface area contributed by atoms with Crippen LogP contribution in [0.2, 0.25) is 0 Å². The van der Waals surface area contributed by atoms with Crippen LogP contribution in [-0.4, -0.2) is 11.5 Å². The Balaban J connectivity index is 1.78. The molecule has 0 saturated heterocycles. The van der Waals surface area contributed by atoms with Gasteiger partial charge in [0.05, 0.1) is 5.69 Å². The van der Waals surface area contributed by atoms with Gasteiger partial charge in [-0.15, -0.1) is 0 Å². The van der Waals surface area contributed by atoms with E-state index in [1.165, 1.54) is 19.3 Å². The smallest absolute Gasteiger partial charge is 0.106 e. The summed E-state index contributed by atoms with van der Waals surface area (Å²) in [5, 5.41) is 3.50. The van der Waals surface area contributed by atoms with Crippen LogP contribution in [-0.2, 0) is 6.54 Å². The lowest BCUT2D eigenvalue weighted by Gasteiger charge is -2.12. The molecule has 82 valence electrons. The molecular weight excluding hydrogens is 252 g/mol. The van der Waals surface area contributed by atoms with E-state index in [0.717, 1.165) is 23.4 Å². The third-order valence-corrected chi connectivity index (χ3v) is 3.73. The minimum atomic E-state index is 0.617. The molecule has 0 radical (unpaired) electrons. The molecule has 0 atom stereocenters. The maximum atomic E-state index is 4.39.